The molecule has 3 heteroatoms. The lowest BCUT2D eigenvalue weighted by Gasteiger charge is -1.99. The predicted molar refractivity (Wildman–Crippen MR) is 35.9 cm³/mol. The SMILES string of the molecule is C[C@@]12C[C@]1(C)C(=O)C(=O)C2=O. The summed E-state index contributed by atoms with van der Waals surface area (Å²) in [6, 6.07) is 0. The van der Waals surface area contributed by atoms with Gasteiger partial charge in [-0.05, 0) is 6.42 Å². The predicted octanol–water partition coefficient (Wildman–Crippen LogP) is 0.124. The highest BCUT2D eigenvalue weighted by Gasteiger charge is 2.77. The second-order valence-electron chi connectivity index (χ2n) is 3.83. The van der Waals surface area contributed by atoms with E-state index in [1.807, 2.05) is 0 Å². The van der Waals surface area contributed by atoms with Crippen LogP contribution >= 0.6 is 0 Å². The number of Topliss-reactive ketones (excluding diaryl/α,β-unsaturated/α-hetero) is 3. The van der Waals surface area contributed by atoms with Crippen molar-refractivity contribution < 1.29 is 14.4 Å². The topological polar surface area (TPSA) is 51.2 Å². The van der Waals surface area contributed by atoms with Gasteiger partial charge in [0.15, 0.2) is 0 Å². The second kappa shape index (κ2) is 1.31. The minimum atomic E-state index is -0.791. The Labute approximate surface area is 63.8 Å². The van der Waals surface area contributed by atoms with Gasteiger partial charge in [-0.25, -0.2) is 0 Å². The highest BCUT2D eigenvalue weighted by Crippen LogP contribution is 2.68. The van der Waals surface area contributed by atoms with Gasteiger partial charge in [0.25, 0.3) is 5.78 Å². The molecule has 0 aliphatic heterocycles. The molecule has 0 unspecified atom stereocenters. The lowest BCUT2D eigenvalue weighted by atomic mass is 10.00. The van der Waals surface area contributed by atoms with E-state index in [0.717, 1.165) is 0 Å². The van der Waals surface area contributed by atoms with Crippen molar-refractivity contribution in [1.29, 1.82) is 0 Å². The minimum Gasteiger partial charge on any atom is -0.290 e. The molecule has 3 nitrogen and oxygen atoms in total. The van der Waals surface area contributed by atoms with Crippen LogP contribution in [0.5, 0.6) is 0 Å². The van der Waals surface area contributed by atoms with Gasteiger partial charge < -0.3 is 0 Å². The minimum absolute atomic E-state index is 0.481. The zero-order chi connectivity index (χ0) is 8.44. The van der Waals surface area contributed by atoms with Gasteiger partial charge in [-0.2, -0.15) is 0 Å². The monoisotopic (exact) mass is 152 g/mol. The lowest BCUT2D eigenvalue weighted by Crippen LogP contribution is -2.21. The van der Waals surface area contributed by atoms with E-state index in [-0.39, 0.29) is 0 Å². The van der Waals surface area contributed by atoms with E-state index >= 15 is 0 Å². The van der Waals surface area contributed by atoms with Crippen LogP contribution in [0.2, 0.25) is 0 Å². The molecule has 2 saturated carbocycles. The van der Waals surface area contributed by atoms with E-state index in [1.165, 1.54) is 0 Å². The van der Waals surface area contributed by atoms with Gasteiger partial charge in [-0.15, -0.1) is 0 Å². The highest BCUT2D eigenvalue weighted by molar-refractivity contribution is 6.71. The molecule has 0 aromatic carbocycles. The number of carbonyl (C=O) groups excluding carboxylic acids is 3. The largest absolute Gasteiger partial charge is 0.290 e. The molecule has 11 heavy (non-hydrogen) atoms. The molecule has 0 heterocycles. The Hall–Kier alpha value is -0.990. The van der Waals surface area contributed by atoms with E-state index in [2.05, 4.69) is 0 Å². The van der Waals surface area contributed by atoms with Crippen molar-refractivity contribution in [2.24, 2.45) is 10.8 Å². The van der Waals surface area contributed by atoms with Crippen molar-refractivity contribution in [3.05, 3.63) is 0 Å². The Morgan fingerprint density at radius 3 is 1.55 bits per heavy atom. The third-order valence-corrected chi connectivity index (χ3v) is 3.21. The van der Waals surface area contributed by atoms with E-state index in [4.69, 9.17) is 0 Å². The van der Waals surface area contributed by atoms with Crippen LogP contribution in [0, 0.1) is 10.8 Å². The van der Waals surface area contributed by atoms with Crippen molar-refractivity contribution in [1.82, 2.24) is 0 Å². The molecule has 0 N–H and O–H groups in total. The van der Waals surface area contributed by atoms with Crippen LogP contribution in [0.4, 0.5) is 0 Å². The van der Waals surface area contributed by atoms with Gasteiger partial charge in [-0.1, -0.05) is 13.8 Å². The zero-order valence-corrected chi connectivity index (χ0v) is 6.43. The normalized spacial score (nSPS) is 48.0. The van der Waals surface area contributed by atoms with E-state index < -0.39 is 28.2 Å². The lowest BCUT2D eigenvalue weighted by molar-refractivity contribution is -0.143. The molecule has 2 aliphatic carbocycles. The summed E-state index contributed by atoms with van der Waals surface area (Å²) in [4.78, 5) is 33.1. The first kappa shape index (κ1) is 6.70. The van der Waals surface area contributed by atoms with Crippen LogP contribution in [0.1, 0.15) is 20.3 Å². The molecule has 0 aromatic heterocycles. The molecular formula is C8H8O3. The molecule has 0 saturated heterocycles. The summed E-state index contributed by atoms with van der Waals surface area (Å²) >= 11 is 0. The summed E-state index contributed by atoms with van der Waals surface area (Å²) in [5.41, 5.74) is -1.28. The van der Waals surface area contributed by atoms with Crippen molar-refractivity contribution in [2.75, 3.05) is 0 Å². The fourth-order valence-corrected chi connectivity index (χ4v) is 1.93. The number of hydrogen-bond donors (Lipinski definition) is 0. The molecular weight excluding hydrogens is 144 g/mol. The number of carbonyl (C=O) groups is 3. The Morgan fingerprint density at radius 1 is 1.00 bits per heavy atom. The van der Waals surface area contributed by atoms with Crippen LogP contribution in [-0.4, -0.2) is 17.3 Å². The van der Waals surface area contributed by atoms with E-state index in [9.17, 15) is 14.4 Å². The summed E-state index contributed by atoms with van der Waals surface area (Å²) in [5, 5.41) is 0. The molecule has 58 valence electrons. The zero-order valence-electron chi connectivity index (χ0n) is 6.43. The van der Waals surface area contributed by atoms with Gasteiger partial charge in [0, 0.05) is 10.8 Å². The van der Waals surface area contributed by atoms with Crippen LogP contribution in [0.15, 0.2) is 0 Å². The molecule has 0 bridgehead atoms. The average Bonchev–Trinajstić information content (AvgIpc) is 2.49. The van der Waals surface area contributed by atoms with Crippen molar-refractivity contribution in [2.45, 2.75) is 20.3 Å². The summed E-state index contributed by atoms with van der Waals surface area (Å²) in [5.74, 6) is -1.75. The van der Waals surface area contributed by atoms with E-state index in [0.29, 0.717) is 6.42 Å². The third-order valence-electron chi connectivity index (χ3n) is 3.21. The molecule has 2 fully saturated rings. The fourth-order valence-electron chi connectivity index (χ4n) is 1.93. The van der Waals surface area contributed by atoms with E-state index in [1.54, 1.807) is 13.8 Å². The fraction of sp³-hybridized carbons (Fsp3) is 0.625. The summed E-state index contributed by atoms with van der Waals surface area (Å²) < 4.78 is 0. The Morgan fingerprint density at radius 2 is 1.36 bits per heavy atom. The number of fused-ring (bicyclic) bond motifs is 1. The summed E-state index contributed by atoms with van der Waals surface area (Å²) in [7, 11) is 0. The molecule has 0 radical (unpaired) electrons. The number of ketones is 3. The molecule has 0 amide bonds. The molecule has 0 aromatic rings. The van der Waals surface area contributed by atoms with Gasteiger partial charge in [0.1, 0.15) is 0 Å². The first-order valence-electron chi connectivity index (χ1n) is 3.57. The first-order chi connectivity index (χ1) is 4.93. The molecule has 0 spiro atoms. The van der Waals surface area contributed by atoms with Crippen molar-refractivity contribution in [3.63, 3.8) is 0 Å². The maximum Gasteiger partial charge on any atom is 0.265 e. The first-order valence-corrected chi connectivity index (χ1v) is 3.57. The highest BCUT2D eigenvalue weighted by atomic mass is 16.2. The summed E-state index contributed by atoms with van der Waals surface area (Å²) in [6.07, 6.45) is 0.559. The van der Waals surface area contributed by atoms with Crippen LogP contribution in [0.3, 0.4) is 0 Å². The quantitative estimate of drug-likeness (QED) is 0.463. The Kier molecular flexibility index (Phi) is 0.798. The maximum absolute atomic E-state index is 11.1. The Bertz CT molecular complexity index is 276. The molecule has 2 aliphatic rings. The third kappa shape index (κ3) is 0.432. The van der Waals surface area contributed by atoms with Crippen molar-refractivity contribution in [3.8, 4) is 0 Å². The molecule has 2 rings (SSSR count). The van der Waals surface area contributed by atoms with Gasteiger partial charge in [0.05, 0.1) is 0 Å². The number of rotatable bonds is 0. The number of hydrogen-bond acceptors (Lipinski definition) is 3. The standard InChI is InChI=1S/C8H8O3/c1-7-3-8(7,2)6(11)4(9)5(7)10/h3H2,1-2H3/t7-,8+. The second-order valence-corrected chi connectivity index (χ2v) is 3.83. The Balaban J connectivity index is 2.57. The molecule has 2 atom stereocenters. The van der Waals surface area contributed by atoms with Crippen LogP contribution < -0.4 is 0 Å². The smallest absolute Gasteiger partial charge is 0.265 e. The van der Waals surface area contributed by atoms with Crippen LogP contribution in [-0.2, 0) is 14.4 Å². The summed E-state index contributed by atoms with van der Waals surface area (Å²) in [6.45, 7) is 3.39. The van der Waals surface area contributed by atoms with Gasteiger partial charge in [-0.3, -0.25) is 14.4 Å². The van der Waals surface area contributed by atoms with Crippen LogP contribution in [0.25, 0.3) is 0 Å². The van der Waals surface area contributed by atoms with Crippen molar-refractivity contribution >= 4 is 17.3 Å². The average molecular weight is 152 g/mol. The van der Waals surface area contributed by atoms with Gasteiger partial charge in [0.2, 0.25) is 11.6 Å². The maximum atomic E-state index is 11.1. The van der Waals surface area contributed by atoms with Gasteiger partial charge >= 0.3 is 0 Å².